The van der Waals surface area contributed by atoms with Gasteiger partial charge in [0.15, 0.2) is 0 Å². The number of piperidine rings is 1. The minimum absolute atomic E-state index is 0.0154. The first-order valence-electron chi connectivity index (χ1n) is 9.90. The number of alkyl halides is 3. The van der Waals surface area contributed by atoms with E-state index in [9.17, 15) is 18.0 Å². The SMILES string of the molecule is O=C(CO)N1CCC(c2[nH]nc(-c3ccc(Cl)c(C(F)(F)F)c3)c2-c2ccncn2)CC1. The summed E-state index contributed by atoms with van der Waals surface area (Å²) in [5.41, 5.74) is 1.50. The molecule has 11 heteroatoms. The summed E-state index contributed by atoms with van der Waals surface area (Å²) in [6.45, 7) is 0.380. The molecule has 3 aromatic rings. The van der Waals surface area contributed by atoms with Gasteiger partial charge in [0.05, 0.1) is 16.3 Å². The molecule has 0 saturated carbocycles. The standard InChI is InChI=1S/C21H19ClF3N5O2/c22-15-2-1-13(9-14(15)21(23,24)25)20-18(16-3-6-26-11-27-16)19(28-29-20)12-4-7-30(8-5-12)17(32)10-31/h1-3,6,9,11-12,31H,4-5,7-8,10H2,(H,28,29). The highest BCUT2D eigenvalue weighted by Crippen LogP contribution is 2.42. The van der Waals surface area contributed by atoms with Crippen LogP contribution in [0.25, 0.3) is 22.5 Å². The maximum Gasteiger partial charge on any atom is 0.417 e. The average molecular weight is 466 g/mol. The molecule has 2 aromatic heterocycles. The number of nitrogens with zero attached hydrogens (tertiary/aromatic N) is 4. The zero-order chi connectivity index (χ0) is 22.9. The minimum Gasteiger partial charge on any atom is -0.387 e. The predicted molar refractivity (Wildman–Crippen MR) is 111 cm³/mol. The Morgan fingerprint density at radius 1 is 1.25 bits per heavy atom. The molecule has 32 heavy (non-hydrogen) atoms. The number of amides is 1. The third-order valence-electron chi connectivity index (χ3n) is 5.57. The molecule has 4 rings (SSSR count). The minimum atomic E-state index is -4.60. The van der Waals surface area contributed by atoms with E-state index in [1.54, 1.807) is 17.2 Å². The first kappa shape index (κ1) is 22.2. The summed E-state index contributed by atoms with van der Waals surface area (Å²) in [5.74, 6) is -0.344. The van der Waals surface area contributed by atoms with Crippen LogP contribution in [0.4, 0.5) is 13.2 Å². The number of halogens is 4. The van der Waals surface area contributed by atoms with E-state index in [1.165, 1.54) is 18.5 Å². The Morgan fingerprint density at radius 2 is 2.00 bits per heavy atom. The van der Waals surface area contributed by atoms with E-state index in [0.717, 1.165) is 11.8 Å². The topological polar surface area (TPSA) is 95.0 Å². The van der Waals surface area contributed by atoms with Gasteiger partial charge in [-0.05, 0) is 31.0 Å². The highest BCUT2D eigenvalue weighted by molar-refractivity contribution is 6.31. The van der Waals surface area contributed by atoms with Gasteiger partial charge in [0.1, 0.15) is 18.6 Å². The van der Waals surface area contributed by atoms with Crippen LogP contribution in [0.15, 0.2) is 36.8 Å². The molecule has 1 aliphatic heterocycles. The van der Waals surface area contributed by atoms with E-state index in [0.29, 0.717) is 42.9 Å². The number of hydrogen-bond acceptors (Lipinski definition) is 5. The fourth-order valence-electron chi connectivity index (χ4n) is 3.97. The molecule has 0 spiro atoms. The number of H-pyrrole nitrogens is 1. The normalized spacial score (nSPS) is 15.2. The number of hydrogen-bond donors (Lipinski definition) is 2. The highest BCUT2D eigenvalue weighted by atomic mass is 35.5. The number of likely N-dealkylation sites (tertiary alicyclic amines) is 1. The number of aliphatic hydroxyl groups excluding tert-OH is 1. The molecule has 0 bridgehead atoms. The zero-order valence-electron chi connectivity index (χ0n) is 16.7. The number of nitrogens with one attached hydrogen (secondary N) is 1. The van der Waals surface area contributed by atoms with E-state index in [2.05, 4.69) is 20.2 Å². The molecule has 1 fully saturated rings. The molecule has 1 aliphatic rings. The first-order valence-corrected chi connectivity index (χ1v) is 10.3. The summed E-state index contributed by atoms with van der Waals surface area (Å²) in [6, 6.07) is 5.35. The lowest BCUT2D eigenvalue weighted by atomic mass is 9.88. The molecule has 0 unspecified atom stereocenters. The first-order chi connectivity index (χ1) is 15.3. The van der Waals surface area contributed by atoms with Crippen molar-refractivity contribution in [3.05, 3.63) is 53.1 Å². The molecule has 7 nitrogen and oxygen atoms in total. The second kappa shape index (κ2) is 8.87. The summed E-state index contributed by atoms with van der Waals surface area (Å²) in [5, 5.41) is 16.0. The van der Waals surface area contributed by atoms with Gasteiger partial charge < -0.3 is 10.0 Å². The van der Waals surface area contributed by atoms with E-state index < -0.39 is 18.3 Å². The number of rotatable bonds is 4. The van der Waals surface area contributed by atoms with E-state index in [1.807, 2.05) is 0 Å². The summed E-state index contributed by atoms with van der Waals surface area (Å²) in [6.07, 6.45) is -0.469. The van der Waals surface area contributed by atoms with E-state index in [4.69, 9.17) is 16.7 Å². The molecule has 1 aromatic carbocycles. The number of carbonyl (C=O) groups excluding carboxylic acids is 1. The predicted octanol–water partition coefficient (Wildman–Crippen LogP) is 3.90. The Morgan fingerprint density at radius 3 is 2.62 bits per heavy atom. The monoisotopic (exact) mass is 465 g/mol. The van der Waals surface area contributed by atoms with Gasteiger partial charge in [-0.2, -0.15) is 18.3 Å². The summed E-state index contributed by atoms with van der Waals surface area (Å²) in [4.78, 5) is 21.6. The molecule has 2 N–H and O–H groups in total. The number of carbonyl (C=O) groups is 1. The van der Waals surface area contributed by atoms with Crippen molar-refractivity contribution in [3.8, 4) is 22.5 Å². The molecule has 168 valence electrons. The smallest absolute Gasteiger partial charge is 0.387 e. The lowest BCUT2D eigenvalue weighted by Gasteiger charge is -2.31. The molecule has 1 amide bonds. The van der Waals surface area contributed by atoms with Crippen LogP contribution in [0.3, 0.4) is 0 Å². The van der Waals surface area contributed by atoms with Crippen LogP contribution >= 0.6 is 11.6 Å². The van der Waals surface area contributed by atoms with Crippen molar-refractivity contribution in [2.45, 2.75) is 24.9 Å². The lowest BCUT2D eigenvalue weighted by molar-refractivity contribution is -0.137. The highest BCUT2D eigenvalue weighted by Gasteiger charge is 2.34. The van der Waals surface area contributed by atoms with E-state index >= 15 is 0 Å². The van der Waals surface area contributed by atoms with Crippen molar-refractivity contribution in [1.82, 2.24) is 25.1 Å². The number of aromatic nitrogens is 4. The van der Waals surface area contributed by atoms with Crippen molar-refractivity contribution >= 4 is 17.5 Å². The van der Waals surface area contributed by atoms with Crippen molar-refractivity contribution in [3.63, 3.8) is 0 Å². The van der Waals surface area contributed by atoms with Gasteiger partial charge in [-0.25, -0.2) is 9.97 Å². The van der Waals surface area contributed by atoms with Crippen LogP contribution in [0.5, 0.6) is 0 Å². The summed E-state index contributed by atoms with van der Waals surface area (Å²) in [7, 11) is 0. The zero-order valence-corrected chi connectivity index (χ0v) is 17.5. The quantitative estimate of drug-likeness (QED) is 0.609. The molecule has 0 aliphatic carbocycles. The van der Waals surface area contributed by atoms with Gasteiger partial charge in [-0.1, -0.05) is 17.7 Å². The molecule has 0 radical (unpaired) electrons. The maximum absolute atomic E-state index is 13.4. The van der Waals surface area contributed by atoms with Gasteiger partial charge in [0, 0.05) is 42.0 Å². The lowest BCUT2D eigenvalue weighted by Crippen LogP contribution is -2.39. The van der Waals surface area contributed by atoms with Gasteiger partial charge in [0.25, 0.3) is 0 Å². The molecule has 1 saturated heterocycles. The van der Waals surface area contributed by atoms with Crippen LogP contribution in [0, 0.1) is 0 Å². The third-order valence-corrected chi connectivity index (χ3v) is 5.90. The molecular weight excluding hydrogens is 447 g/mol. The fraction of sp³-hybridized carbons (Fsp3) is 0.333. The number of aliphatic hydroxyl groups is 1. The van der Waals surface area contributed by atoms with Gasteiger partial charge in [0.2, 0.25) is 5.91 Å². The molecular formula is C21H19ClF3N5O2. The largest absolute Gasteiger partial charge is 0.417 e. The van der Waals surface area contributed by atoms with Gasteiger partial charge in [-0.15, -0.1) is 0 Å². The summed E-state index contributed by atoms with van der Waals surface area (Å²) >= 11 is 5.78. The van der Waals surface area contributed by atoms with Crippen LogP contribution in [0.2, 0.25) is 5.02 Å². The Labute approximate surface area is 186 Å². The Hall–Kier alpha value is -2.98. The van der Waals surface area contributed by atoms with Crippen molar-refractivity contribution in [2.24, 2.45) is 0 Å². The van der Waals surface area contributed by atoms with Crippen LogP contribution in [0.1, 0.15) is 30.0 Å². The Balaban J connectivity index is 1.76. The van der Waals surface area contributed by atoms with Crippen molar-refractivity contribution in [2.75, 3.05) is 19.7 Å². The van der Waals surface area contributed by atoms with Gasteiger partial charge >= 0.3 is 6.18 Å². The van der Waals surface area contributed by atoms with Crippen molar-refractivity contribution < 1.29 is 23.1 Å². The fourth-order valence-corrected chi connectivity index (χ4v) is 4.19. The Bertz CT molecular complexity index is 1110. The second-order valence-corrected chi connectivity index (χ2v) is 7.87. The maximum atomic E-state index is 13.4. The average Bonchev–Trinajstić information content (AvgIpc) is 3.24. The van der Waals surface area contributed by atoms with E-state index in [-0.39, 0.29) is 22.4 Å². The van der Waals surface area contributed by atoms with Crippen LogP contribution < -0.4 is 0 Å². The second-order valence-electron chi connectivity index (χ2n) is 7.46. The van der Waals surface area contributed by atoms with Gasteiger partial charge in [-0.3, -0.25) is 9.89 Å². The number of aromatic amines is 1. The summed E-state index contributed by atoms with van der Waals surface area (Å²) < 4.78 is 40.2. The Kier molecular flexibility index (Phi) is 6.16. The third kappa shape index (κ3) is 4.33. The van der Waals surface area contributed by atoms with Crippen molar-refractivity contribution in [1.29, 1.82) is 0 Å². The molecule has 3 heterocycles. The van der Waals surface area contributed by atoms with Crippen LogP contribution in [-0.2, 0) is 11.0 Å². The molecule has 0 atom stereocenters. The van der Waals surface area contributed by atoms with Crippen LogP contribution in [-0.4, -0.2) is 55.8 Å². The number of benzene rings is 1.